The van der Waals surface area contributed by atoms with Crippen molar-refractivity contribution < 1.29 is 14.1 Å². The largest absolute Gasteiger partial charge is 0.433 e. The normalized spacial score (nSPS) is 24.8. The van der Waals surface area contributed by atoms with E-state index in [0.717, 1.165) is 25.7 Å². The van der Waals surface area contributed by atoms with E-state index in [1.165, 1.54) is 6.07 Å². The van der Waals surface area contributed by atoms with Gasteiger partial charge in [0.05, 0.1) is 12.2 Å². The van der Waals surface area contributed by atoms with Crippen molar-refractivity contribution in [1.29, 1.82) is 0 Å². The minimum absolute atomic E-state index is 0.142. The van der Waals surface area contributed by atoms with Gasteiger partial charge >= 0.3 is 5.88 Å². The number of rotatable bonds is 4. The highest BCUT2D eigenvalue weighted by Gasteiger charge is 2.20. The van der Waals surface area contributed by atoms with Crippen LogP contribution in [0.15, 0.2) is 16.5 Å². The molecule has 1 fully saturated rings. The van der Waals surface area contributed by atoms with Gasteiger partial charge in [-0.1, -0.05) is 0 Å². The summed E-state index contributed by atoms with van der Waals surface area (Å²) in [5.74, 6) is 0.236. The van der Waals surface area contributed by atoms with Gasteiger partial charge in [0.25, 0.3) is 0 Å². The molecule has 1 aromatic heterocycles. The Kier molecular flexibility index (Phi) is 3.75. The molecule has 94 valence electrons. The van der Waals surface area contributed by atoms with Gasteiger partial charge in [0.1, 0.15) is 17.3 Å². The summed E-state index contributed by atoms with van der Waals surface area (Å²) in [6, 6.07) is 3.12. The van der Waals surface area contributed by atoms with Crippen molar-refractivity contribution in [2.24, 2.45) is 5.73 Å². The molecule has 0 bridgehead atoms. The van der Waals surface area contributed by atoms with Crippen molar-refractivity contribution in [3.05, 3.63) is 28.0 Å². The Balaban J connectivity index is 1.82. The van der Waals surface area contributed by atoms with E-state index in [0.29, 0.717) is 5.76 Å². The molecule has 2 atom stereocenters. The lowest BCUT2D eigenvalue weighted by Gasteiger charge is -2.26. The van der Waals surface area contributed by atoms with E-state index in [1.807, 2.05) is 0 Å². The van der Waals surface area contributed by atoms with E-state index < -0.39 is 4.92 Å². The standard InChI is InChI=1S/C11H16N2O4/c12-8-2-1-3-9(6-8)16-7-10-4-5-11(17-10)13(14)15/h4-5,8-9H,1-3,6-7,12H2. The molecule has 2 N–H and O–H groups in total. The average Bonchev–Trinajstić information content (AvgIpc) is 2.75. The SMILES string of the molecule is NC1CCCC(OCc2ccc([N+](=O)[O-])o2)C1. The van der Waals surface area contributed by atoms with Crippen molar-refractivity contribution >= 4 is 5.88 Å². The smallest absolute Gasteiger partial charge is 0.403 e. The zero-order valence-corrected chi connectivity index (χ0v) is 9.50. The Hall–Kier alpha value is -1.40. The van der Waals surface area contributed by atoms with E-state index in [9.17, 15) is 10.1 Å². The minimum atomic E-state index is -0.556. The summed E-state index contributed by atoms with van der Waals surface area (Å²) in [7, 11) is 0. The van der Waals surface area contributed by atoms with Crippen molar-refractivity contribution in [2.45, 2.75) is 44.4 Å². The second-order valence-corrected chi connectivity index (χ2v) is 4.36. The van der Waals surface area contributed by atoms with Gasteiger partial charge in [0.2, 0.25) is 0 Å². The molecule has 0 radical (unpaired) electrons. The number of hydrogen-bond donors (Lipinski definition) is 1. The molecule has 6 nitrogen and oxygen atoms in total. The molecule has 1 aliphatic carbocycles. The molecule has 0 aromatic carbocycles. The van der Waals surface area contributed by atoms with Crippen molar-refractivity contribution in [1.82, 2.24) is 0 Å². The van der Waals surface area contributed by atoms with Gasteiger partial charge in [0.15, 0.2) is 0 Å². The van der Waals surface area contributed by atoms with Gasteiger partial charge in [0, 0.05) is 6.04 Å². The quantitative estimate of drug-likeness (QED) is 0.641. The first kappa shape index (κ1) is 12.1. The number of nitro groups is 1. The summed E-state index contributed by atoms with van der Waals surface area (Å²) in [5.41, 5.74) is 5.85. The third-order valence-electron chi connectivity index (χ3n) is 2.96. The molecule has 6 heteroatoms. The molecule has 2 rings (SSSR count). The number of nitrogens with zero attached hydrogens (tertiary/aromatic N) is 1. The molecule has 0 saturated heterocycles. The zero-order chi connectivity index (χ0) is 12.3. The van der Waals surface area contributed by atoms with Gasteiger partial charge in [-0.3, -0.25) is 10.1 Å². The van der Waals surface area contributed by atoms with Gasteiger partial charge in [-0.2, -0.15) is 0 Å². The maximum Gasteiger partial charge on any atom is 0.433 e. The summed E-state index contributed by atoms with van der Waals surface area (Å²) < 4.78 is 10.6. The van der Waals surface area contributed by atoms with E-state index in [1.54, 1.807) is 6.07 Å². The van der Waals surface area contributed by atoms with Crippen LogP contribution in [0, 0.1) is 10.1 Å². The maximum atomic E-state index is 10.4. The van der Waals surface area contributed by atoms with Crippen LogP contribution in [0.2, 0.25) is 0 Å². The first-order chi connectivity index (χ1) is 8.15. The van der Waals surface area contributed by atoms with E-state index in [-0.39, 0.29) is 24.6 Å². The Bertz CT molecular complexity index is 391. The Morgan fingerprint density at radius 1 is 1.53 bits per heavy atom. The Labute approximate surface area is 98.9 Å². The summed E-state index contributed by atoms with van der Waals surface area (Å²) in [4.78, 5) is 9.86. The summed E-state index contributed by atoms with van der Waals surface area (Å²) in [6.07, 6.45) is 4.11. The molecule has 0 amide bonds. The van der Waals surface area contributed by atoms with Crippen LogP contribution in [0.4, 0.5) is 5.88 Å². The van der Waals surface area contributed by atoms with Crippen LogP contribution in [0.3, 0.4) is 0 Å². The lowest BCUT2D eigenvalue weighted by atomic mass is 9.94. The Morgan fingerprint density at radius 3 is 3.00 bits per heavy atom. The molecule has 0 aliphatic heterocycles. The molecule has 0 spiro atoms. The summed E-state index contributed by atoms with van der Waals surface area (Å²) in [6.45, 7) is 0.269. The molecule has 17 heavy (non-hydrogen) atoms. The van der Waals surface area contributed by atoms with Crippen LogP contribution >= 0.6 is 0 Å². The first-order valence-electron chi connectivity index (χ1n) is 5.75. The van der Waals surface area contributed by atoms with Gasteiger partial charge in [-0.15, -0.1) is 0 Å². The molecule has 1 aromatic rings. The van der Waals surface area contributed by atoms with Crippen molar-refractivity contribution in [3.63, 3.8) is 0 Å². The first-order valence-corrected chi connectivity index (χ1v) is 5.75. The highest BCUT2D eigenvalue weighted by molar-refractivity contribution is 5.17. The highest BCUT2D eigenvalue weighted by atomic mass is 16.6. The second-order valence-electron chi connectivity index (χ2n) is 4.36. The fourth-order valence-corrected chi connectivity index (χ4v) is 2.07. The summed E-state index contributed by atoms with van der Waals surface area (Å²) in [5, 5.41) is 10.4. The monoisotopic (exact) mass is 240 g/mol. The molecule has 2 unspecified atom stereocenters. The van der Waals surface area contributed by atoms with E-state index in [4.69, 9.17) is 14.9 Å². The molecular weight excluding hydrogens is 224 g/mol. The lowest BCUT2D eigenvalue weighted by molar-refractivity contribution is -0.402. The third kappa shape index (κ3) is 3.28. The number of hydrogen-bond acceptors (Lipinski definition) is 5. The van der Waals surface area contributed by atoms with Crippen LogP contribution in [-0.4, -0.2) is 17.1 Å². The molecule has 1 aliphatic rings. The second kappa shape index (κ2) is 5.29. The summed E-state index contributed by atoms with van der Waals surface area (Å²) >= 11 is 0. The molecular formula is C11H16N2O4. The van der Waals surface area contributed by atoms with Gasteiger partial charge in [-0.25, -0.2) is 0 Å². The number of ether oxygens (including phenoxy) is 1. The predicted octanol–water partition coefficient (Wildman–Crippen LogP) is 1.97. The van der Waals surface area contributed by atoms with Crippen LogP contribution in [0.1, 0.15) is 31.4 Å². The zero-order valence-electron chi connectivity index (χ0n) is 9.50. The Morgan fingerprint density at radius 2 is 2.35 bits per heavy atom. The van der Waals surface area contributed by atoms with Gasteiger partial charge < -0.3 is 14.9 Å². The van der Waals surface area contributed by atoms with Crippen LogP contribution in [0.5, 0.6) is 0 Å². The minimum Gasteiger partial charge on any atom is -0.403 e. The maximum absolute atomic E-state index is 10.4. The van der Waals surface area contributed by atoms with Crippen molar-refractivity contribution in [3.8, 4) is 0 Å². The van der Waals surface area contributed by atoms with Gasteiger partial charge in [-0.05, 0) is 31.7 Å². The van der Waals surface area contributed by atoms with Crippen molar-refractivity contribution in [2.75, 3.05) is 0 Å². The highest BCUT2D eigenvalue weighted by Crippen LogP contribution is 2.22. The lowest BCUT2D eigenvalue weighted by Crippen LogP contribution is -2.32. The third-order valence-corrected chi connectivity index (χ3v) is 2.96. The van der Waals surface area contributed by atoms with Crippen LogP contribution in [0.25, 0.3) is 0 Å². The van der Waals surface area contributed by atoms with E-state index >= 15 is 0 Å². The van der Waals surface area contributed by atoms with Crippen LogP contribution in [-0.2, 0) is 11.3 Å². The fraction of sp³-hybridized carbons (Fsp3) is 0.636. The number of furan rings is 1. The molecule has 1 heterocycles. The predicted molar refractivity (Wildman–Crippen MR) is 60.4 cm³/mol. The average molecular weight is 240 g/mol. The fourth-order valence-electron chi connectivity index (χ4n) is 2.07. The topological polar surface area (TPSA) is 91.5 Å². The van der Waals surface area contributed by atoms with Crippen LogP contribution < -0.4 is 5.73 Å². The van der Waals surface area contributed by atoms with E-state index in [2.05, 4.69) is 0 Å². The number of nitrogens with two attached hydrogens (primary N) is 1. The molecule has 1 saturated carbocycles.